The molecule has 0 saturated carbocycles. The number of carbonyl (C=O) groups is 1. The lowest BCUT2D eigenvalue weighted by Gasteiger charge is -2.01. The Bertz CT molecular complexity index is 689. The maximum absolute atomic E-state index is 11.9. The van der Waals surface area contributed by atoms with Crippen LogP contribution in [0, 0.1) is 0 Å². The molecule has 0 aliphatic carbocycles. The number of rotatable bonds is 4. The molecule has 7 nitrogen and oxygen atoms in total. The minimum atomic E-state index is -0.277. The van der Waals surface area contributed by atoms with Crippen LogP contribution in [0.25, 0.3) is 0 Å². The van der Waals surface area contributed by atoms with Gasteiger partial charge in [0.15, 0.2) is 0 Å². The zero-order chi connectivity index (χ0) is 13.8. The van der Waals surface area contributed by atoms with Gasteiger partial charge in [-0.25, -0.2) is 5.10 Å². The van der Waals surface area contributed by atoms with Crippen LogP contribution in [0.15, 0.2) is 49.1 Å². The van der Waals surface area contributed by atoms with E-state index in [1.165, 1.54) is 12.5 Å². The lowest BCUT2D eigenvalue weighted by Crippen LogP contribution is -2.12. The molecule has 3 rings (SSSR count). The third-order valence-electron chi connectivity index (χ3n) is 2.73. The average molecular weight is 268 g/mol. The number of amides is 1. The van der Waals surface area contributed by atoms with Crippen LogP contribution >= 0.6 is 0 Å². The summed E-state index contributed by atoms with van der Waals surface area (Å²) in [7, 11) is 0. The molecular weight excluding hydrogens is 256 g/mol. The molecule has 100 valence electrons. The molecule has 0 bridgehead atoms. The number of anilines is 1. The van der Waals surface area contributed by atoms with Gasteiger partial charge in [0.05, 0.1) is 18.3 Å². The van der Waals surface area contributed by atoms with Crippen molar-refractivity contribution >= 4 is 11.9 Å². The van der Waals surface area contributed by atoms with Crippen LogP contribution in [-0.4, -0.2) is 30.9 Å². The molecule has 1 amide bonds. The van der Waals surface area contributed by atoms with E-state index >= 15 is 0 Å². The van der Waals surface area contributed by atoms with Crippen LogP contribution in [0.5, 0.6) is 0 Å². The van der Waals surface area contributed by atoms with Crippen molar-refractivity contribution in [2.45, 2.75) is 6.54 Å². The van der Waals surface area contributed by atoms with E-state index in [1.54, 1.807) is 10.9 Å². The molecule has 3 aromatic rings. The molecule has 0 unspecified atom stereocenters. The van der Waals surface area contributed by atoms with Gasteiger partial charge in [0, 0.05) is 6.20 Å². The van der Waals surface area contributed by atoms with Crippen molar-refractivity contribution in [3.05, 3.63) is 60.2 Å². The van der Waals surface area contributed by atoms with Crippen LogP contribution in [-0.2, 0) is 6.54 Å². The first-order chi connectivity index (χ1) is 9.81. The molecule has 2 N–H and O–H groups in total. The molecule has 0 spiro atoms. The quantitative estimate of drug-likeness (QED) is 0.746. The van der Waals surface area contributed by atoms with Gasteiger partial charge in [-0.3, -0.25) is 14.8 Å². The van der Waals surface area contributed by atoms with Crippen LogP contribution in [0.2, 0.25) is 0 Å². The molecule has 0 radical (unpaired) electrons. The molecular formula is C13H12N6O. The Hall–Kier alpha value is -2.96. The number of carbonyl (C=O) groups excluding carboxylic acids is 1. The fraction of sp³-hybridized carbons (Fsp3) is 0.0769. The summed E-state index contributed by atoms with van der Waals surface area (Å²) in [6, 6.07) is 9.92. The van der Waals surface area contributed by atoms with Crippen LogP contribution in [0.1, 0.15) is 15.9 Å². The highest BCUT2D eigenvalue weighted by molar-refractivity contribution is 6.02. The summed E-state index contributed by atoms with van der Waals surface area (Å²) >= 11 is 0. The van der Waals surface area contributed by atoms with Crippen molar-refractivity contribution < 1.29 is 4.79 Å². The molecule has 2 heterocycles. The third kappa shape index (κ3) is 2.72. The van der Waals surface area contributed by atoms with Crippen molar-refractivity contribution in [1.29, 1.82) is 0 Å². The van der Waals surface area contributed by atoms with Gasteiger partial charge in [-0.05, 0) is 5.56 Å². The lowest BCUT2D eigenvalue weighted by atomic mass is 10.2. The van der Waals surface area contributed by atoms with Gasteiger partial charge in [-0.1, -0.05) is 30.3 Å². The SMILES string of the molecule is O=C(Nc1ncn[nH]1)c1cnn(Cc2ccccc2)c1. The maximum Gasteiger partial charge on any atom is 0.261 e. The van der Waals surface area contributed by atoms with Crippen molar-refractivity contribution in [2.24, 2.45) is 0 Å². The number of hydrogen-bond donors (Lipinski definition) is 2. The van der Waals surface area contributed by atoms with Crippen LogP contribution in [0.4, 0.5) is 5.95 Å². The Balaban J connectivity index is 1.69. The first-order valence-electron chi connectivity index (χ1n) is 6.04. The van der Waals surface area contributed by atoms with Gasteiger partial charge in [-0.2, -0.15) is 15.2 Å². The number of hydrogen-bond acceptors (Lipinski definition) is 4. The fourth-order valence-electron chi connectivity index (χ4n) is 1.78. The first kappa shape index (κ1) is 12.1. The monoisotopic (exact) mass is 268 g/mol. The average Bonchev–Trinajstić information content (AvgIpc) is 3.11. The third-order valence-corrected chi connectivity index (χ3v) is 2.73. The second-order valence-electron chi connectivity index (χ2n) is 4.20. The van der Waals surface area contributed by atoms with Gasteiger partial charge < -0.3 is 0 Å². The van der Waals surface area contributed by atoms with Crippen molar-refractivity contribution in [3.63, 3.8) is 0 Å². The highest BCUT2D eigenvalue weighted by atomic mass is 16.1. The topological polar surface area (TPSA) is 88.5 Å². The van der Waals surface area contributed by atoms with Gasteiger partial charge in [0.1, 0.15) is 6.33 Å². The molecule has 1 aromatic carbocycles. The summed E-state index contributed by atoms with van der Waals surface area (Å²) in [6.07, 6.45) is 4.54. The Morgan fingerprint density at radius 1 is 1.30 bits per heavy atom. The highest BCUT2D eigenvalue weighted by Gasteiger charge is 2.10. The Morgan fingerprint density at radius 3 is 2.90 bits per heavy atom. The van der Waals surface area contributed by atoms with E-state index in [4.69, 9.17) is 0 Å². The zero-order valence-electron chi connectivity index (χ0n) is 10.5. The van der Waals surface area contributed by atoms with E-state index in [-0.39, 0.29) is 5.91 Å². The minimum Gasteiger partial charge on any atom is -0.291 e. The molecule has 0 fully saturated rings. The highest BCUT2D eigenvalue weighted by Crippen LogP contribution is 2.05. The number of nitrogens with one attached hydrogen (secondary N) is 2. The van der Waals surface area contributed by atoms with Gasteiger partial charge in [-0.15, -0.1) is 0 Å². The largest absolute Gasteiger partial charge is 0.291 e. The van der Waals surface area contributed by atoms with Gasteiger partial charge >= 0.3 is 0 Å². The van der Waals surface area contributed by atoms with E-state index in [0.29, 0.717) is 18.1 Å². The number of H-pyrrole nitrogens is 1. The normalized spacial score (nSPS) is 10.4. The summed E-state index contributed by atoms with van der Waals surface area (Å²) in [5, 5.41) is 13.0. The molecule has 0 saturated heterocycles. The van der Waals surface area contributed by atoms with Gasteiger partial charge in [0.2, 0.25) is 5.95 Å². The molecule has 2 aromatic heterocycles. The predicted molar refractivity (Wildman–Crippen MR) is 72.1 cm³/mol. The standard InChI is InChI=1S/C13H12N6O/c20-12(17-13-14-9-15-18-13)11-6-16-19(8-11)7-10-4-2-1-3-5-10/h1-6,8-9H,7H2,(H2,14,15,17,18,20). The zero-order valence-corrected chi connectivity index (χ0v) is 10.5. The molecule has 0 aliphatic rings. The Labute approximate surface area is 114 Å². The van der Waals surface area contributed by atoms with Crippen LogP contribution in [0.3, 0.4) is 0 Å². The first-order valence-corrected chi connectivity index (χ1v) is 6.04. The summed E-state index contributed by atoms with van der Waals surface area (Å²) < 4.78 is 1.71. The predicted octanol–water partition coefficient (Wildman–Crippen LogP) is 1.30. The number of nitrogens with zero attached hydrogens (tertiary/aromatic N) is 4. The number of benzene rings is 1. The van der Waals surface area contributed by atoms with Gasteiger partial charge in [0.25, 0.3) is 5.91 Å². The lowest BCUT2D eigenvalue weighted by molar-refractivity contribution is 0.102. The molecule has 7 heteroatoms. The summed E-state index contributed by atoms with van der Waals surface area (Å²) in [5.74, 6) is 0.0341. The molecule has 0 atom stereocenters. The maximum atomic E-state index is 11.9. The Morgan fingerprint density at radius 2 is 2.15 bits per heavy atom. The molecule has 0 aliphatic heterocycles. The van der Waals surface area contributed by atoms with Crippen molar-refractivity contribution in [3.8, 4) is 0 Å². The summed E-state index contributed by atoms with van der Waals surface area (Å²) in [6.45, 7) is 0.621. The number of aromatic amines is 1. The number of aromatic nitrogens is 5. The second kappa shape index (κ2) is 5.35. The smallest absolute Gasteiger partial charge is 0.261 e. The second-order valence-corrected chi connectivity index (χ2v) is 4.20. The summed E-state index contributed by atoms with van der Waals surface area (Å²) in [4.78, 5) is 15.8. The molecule has 20 heavy (non-hydrogen) atoms. The fourth-order valence-corrected chi connectivity index (χ4v) is 1.78. The van der Waals surface area contributed by atoms with E-state index in [1.807, 2.05) is 30.3 Å². The van der Waals surface area contributed by atoms with Crippen molar-refractivity contribution in [2.75, 3.05) is 5.32 Å². The van der Waals surface area contributed by atoms with E-state index in [9.17, 15) is 4.79 Å². The Kier molecular flexibility index (Phi) is 3.24. The van der Waals surface area contributed by atoms with E-state index in [0.717, 1.165) is 5.56 Å². The minimum absolute atomic E-state index is 0.277. The van der Waals surface area contributed by atoms with E-state index < -0.39 is 0 Å². The van der Waals surface area contributed by atoms with Crippen LogP contribution < -0.4 is 5.32 Å². The van der Waals surface area contributed by atoms with E-state index in [2.05, 4.69) is 25.6 Å². The summed E-state index contributed by atoms with van der Waals surface area (Å²) in [5.41, 5.74) is 1.59. The van der Waals surface area contributed by atoms with Crippen molar-refractivity contribution in [1.82, 2.24) is 25.0 Å².